The average Bonchev–Trinajstić information content (AvgIpc) is 2.43. The molecule has 1 aromatic carbocycles. The number of nitrogens with zero attached hydrogens (tertiary/aromatic N) is 2. The Labute approximate surface area is 118 Å². The highest BCUT2D eigenvalue weighted by atomic mass is 16.5. The first kappa shape index (κ1) is 12.7. The third kappa shape index (κ3) is 2.03. The van der Waals surface area contributed by atoms with E-state index in [2.05, 4.69) is 37.0 Å². The number of hydrogen-bond acceptors (Lipinski definition) is 3. The summed E-state index contributed by atoms with van der Waals surface area (Å²) >= 11 is 0. The largest absolute Gasteiger partial charge is 0.480 e. The van der Waals surface area contributed by atoms with Crippen LogP contribution < -0.4 is 9.64 Å². The van der Waals surface area contributed by atoms with Crippen LogP contribution in [-0.4, -0.2) is 24.5 Å². The Balaban J connectivity index is 2.10. The number of carbonyl (C=O) groups excluding carboxylic acids is 1. The number of hydrogen-bond donors (Lipinski definition) is 0. The molecule has 0 aliphatic carbocycles. The zero-order valence-corrected chi connectivity index (χ0v) is 11.8. The van der Waals surface area contributed by atoms with Crippen LogP contribution in [0.5, 0.6) is 5.75 Å². The highest BCUT2D eigenvalue weighted by Gasteiger charge is 2.24. The van der Waals surface area contributed by atoms with Gasteiger partial charge in [-0.1, -0.05) is 23.8 Å². The predicted octanol–water partition coefficient (Wildman–Crippen LogP) is 2.72. The number of aromatic nitrogens is 1. The van der Waals surface area contributed by atoms with E-state index >= 15 is 0 Å². The molecule has 1 aromatic heterocycles. The lowest BCUT2D eigenvalue weighted by Crippen LogP contribution is -2.36. The van der Waals surface area contributed by atoms with Crippen molar-refractivity contribution in [1.82, 2.24) is 4.98 Å². The lowest BCUT2D eigenvalue weighted by atomic mass is 10.0. The van der Waals surface area contributed by atoms with Crippen LogP contribution >= 0.6 is 0 Å². The zero-order valence-electron chi connectivity index (χ0n) is 11.8. The van der Waals surface area contributed by atoms with E-state index in [1.807, 2.05) is 12.1 Å². The quantitative estimate of drug-likeness (QED) is 0.798. The van der Waals surface area contributed by atoms with E-state index in [0.29, 0.717) is 11.6 Å². The summed E-state index contributed by atoms with van der Waals surface area (Å²) in [5.41, 5.74) is 4.32. The van der Waals surface area contributed by atoms with Crippen LogP contribution in [0.15, 0.2) is 30.3 Å². The van der Waals surface area contributed by atoms with Crippen molar-refractivity contribution in [2.75, 3.05) is 18.6 Å². The molecule has 1 aliphatic heterocycles. The zero-order chi connectivity index (χ0) is 14.3. The molecule has 0 atom stereocenters. The maximum absolute atomic E-state index is 11.7. The Bertz CT molecular complexity index is 695. The van der Waals surface area contributed by atoms with Gasteiger partial charge in [-0.2, -0.15) is 0 Å². The van der Waals surface area contributed by atoms with Crippen LogP contribution in [0, 0.1) is 13.8 Å². The number of amides is 1. The topological polar surface area (TPSA) is 42.4 Å². The van der Waals surface area contributed by atoms with E-state index in [4.69, 9.17) is 4.74 Å². The molecule has 102 valence electrons. The van der Waals surface area contributed by atoms with E-state index in [-0.39, 0.29) is 12.5 Å². The molecular formula is C16H16N2O2. The maximum Gasteiger partial charge on any atom is 0.265 e. The number of aryl methyl sites for hydroxylation is 2. The van der Waals surface area contributed by atoms with Crippen LogP contribution in [0.1, 0.15) is 11.1 Å². The Hall–Kier alpha value is -2.36. The summed E-state index contributed by atoms with van der Waals surface area (Å²) in [5, 5.41) is 0. The first-order valence-corrected chi connectivity index (χ1v) is 6.54. The molecule has 1 aliphatic rings. The van der Waals surface area contributed by atoms with Crippen LogP contribution in [0.2, 0.25) is 0 Å². The van der Waals surface area contributed by atoms with Gasteiger partial charge in [0.15, 0.2) is 18.2 Å². The van der Waals surface area contributed by atoms with Gasteiger partial charge in [0.25, 0.3) is 5.91 Å². The average molecular weight is 268 g/mol. The summed E-state index contributed by atoms with van der Waals surface area (Å²) in [6.07, 6.45) is 0. The van der Waals surface area contributed by atoms with E-state index in [0.717, 1.165) is 11.3 Å². The summed E-state index contributed by atoms with van der Waals surface area (Å²) in [6, 6.07) is 10.1. The number of likely N-dealkylation sites (N-methyl/N-ethyl adjacent to an activating group) is 1. The van der Waals surface area contributed by atoms with Gasteiger partial charge >= 0.3 is 0 Å². The summed E-state index contributed by atoms with van der Waals surface area (Å²) in [6.45, 7) is 4.21. The fourth-order valence-corrected chi connectivity index (χ4v) is 2.39. The van der Waals surface area contributed by atoms with E-state index in [9.17, 15) is 4.79 Å². The maximum atomic E-state index is 11.7. The van der Waals surface area contributed by atoms with Gasteiger partial charge in [0.05, 0.1) is 5.69 Å². The minimum atomic E-state index is -0.0808. The molecule has 0 saturated carbocycles. The number of fused-ring (bicyclic) bond motifs is 1. The number of carbonyl (C=O) groups is 1. The molecular weight excluding hydrogens is 252 g/mol. The molecule has 20 heavy (non-hydrogen) atoms. The third-order valence-electron chi connectivity index (χ3n) is 3.54. The Morgan fingerprint density at radius 3 is 2.75 bits per heavy atom. The molecule has 2 heterocycles. The monoisotopic (exact) mass is 268 g/mol. The Morgan fingerprint density at radius 1 is 1.20 bits per heavy atom. The molecule has 3 rings (SSSR count). The van der Waals surface area contributed by atoms with Crippen molar-refractivity contribution in [3.8, 4) is 17.0 Å². The van der Waals surface area contributed by atoms with Crippen LogP contribution in [-0.2, 0) is 4.79 Å². The highest BCUT2D eigenvalue weighted by molar-refractivity contribution is 5.96. The van der Waals surface area contributed by atoms with Crippen molar-refractivity contribution in [1.29, 1.82) is 0 Å². The van der Waals surface area contributed by atoms with E-state index < -0.39 is 0 Å². The van der Waals surface area contributed by atoms with Gasteiger partial charge in [-0.25, -0.2) is 4.98 Å². The standard InChI is InChI=1S/C16H16N2O2/c1-10-4-5-12(11(2)8-10)13-6-7-14-16(17-13)18(3)15(19)9-20-14/h4-8H,9H2,1-3H3. The second kappa shape index (κ2) is 4.63. The van der Waals surface area contributed by atoms with E-state index in [1.165, 1.54) is 11.1 Å². The Morgan fingerprint density at radius 2 is 2.00 bits per heavy atom. The normalized spacial score (nSPS) is 13.9. The van der Waals surface area contributed by atoms with Gasteiger partial charge in [0.2, 0.25) is 0 Å². The summed E-state index contributed by atoms with van der Waals surface area (Å²) < 4.78 is 5.39. The number of pyridine rings is 1. The Kier molecular flexibility index (Phi) is 2.93. The first-order chi connectivity index (χ1) is 9.56. The fourth-order valence-electron chi connectivity index (χ4n) is 2.39. The van der Waals surface area contributed by atoms with Crippen molar-refractivity contribution in [2.45, 2.75) is 13.8 Å². The van der Waals surface area contributed by atoms with Gasteiger partial charge in [0.1, 0.15) is 0 Å². The number of anilines is 1. The molecule has 0 unspecified atom stereocenters. The fraction of sp³-hybridized carbons (Fsp3) is 0.250. The van der Waals surface area contributed by atoms with Crippen molar-refractivity contribution in [3.63, 3.8) is 0 Å². The van der Waals surface area contributed by atoms with Gasteiger partial charge < -0.3 is 4.74 Å². The molecule has 0 radical (unpaired) electrons. The minimum Gasteiger partial charge on any atom is -0.480 e. The van der Waals surface area contributed by atoms with Crippen molar-refractivity contribution < 1.29 is 9.53 Å². The summed E-state index contributed by atoms with van der Waals surface area (Å²) in [5.74, 6) is 1.15. The molecule has 0 spiro atoms. The molecule has 2 aromatic rings. The molecule has 4 nitrogen and oxygen atoms in total. The number of rotatable bonds is 1. The van der Waals surface area contributed by atoms with Crippen LogP contribution in [0.3, 0.4) is 0 Å². The van der Waals surface area contributed by atoms with Gasteiger partial charge in [-0.15, -0.1) is 0 Å². The summed E-state index contributed by atoms with van der Waals surface area (Å²) in [7, 11) is 1.72. The second-order valence-corrected chi connectivity index (χ2v) is 5.08. The third-order valence-corrected chi connectivity index (χ3v) is 3.54. The lowest BCUT2D eigenvalue weighted by molar-refractivity contribution is -0.121. The molecule has 0 bridgehead atoms. The van der Waals surface area contributed by atoms with Crippen molar-refractivity contribution in [2.24, 2.45) is 0 Å². The number of benzene rings is 1. The number of ether oxygens (including phenoxy) is 1. The first-order valence-electron chi connectivity index (χ1n) is 6.54. The van der Waals surface area contributed by atoms with Gasteiger partial charge in [-0.05, 0) is 31.5 Å². The van der Waals surface area contributed by atoms with Crippen molar-refractivity contribution in [3.05, 3.63) is 41.5 Å². The molecule has 4 heteroatoms. The molecule has 1 amide bonds. The van der Waals surface area contributed by atoms with Gasteiger partial charge in [-0.3, -0.25) is 9.69 Å². The second-order valence-electron chi connectivity index (χ2n) is 5.08. The lowest BCUT2D eigenvalue weighted by Gasteiger charge is -2.25. The molecule has 0 N–H and O–H groups in total. The van der Waals surface area contributed by atoms with Crippen LogP contribution in [0.4, 0.5) is 5.82 Å². The smallest absolute Gasteiger partial charge is 0.265 e. The SMILES string of the molecule is Cc1ccc(-c2ccc3c(n2)N(C)C(=O)CO3)c(C)c1. The van der Waals surface area contributed by atoms with Crippen LogP contribution in [0.25, 0.3) is 11.3 Å². The molecule has 0 saturated heterocycles. The predicted molar refractivity (Wildman–Crippen MR) is 78.1 cm³/mol. The molecule has 0 fully saturated rings. The minimum absolute atomic E-state index is 0.0775. The van der Waals surface area contributed by atoms with E-state index in [1.54, 1.807) is 11.9 Å². The summed E-state index contributed by atoms with van der Waals surface area (Å²) in [4.78, 5) is 17.8. The van der Waals surface area contributed by atoms with Crippen molar-refractivity contribution >= 4 is 11.7 Å². The van der Waals surface area contributed by atoms with Gasteiger partial charge in [0, 0.05) is 12.6 Å². The highest BCUT2D eigenvalue weighted by Crippen LogP contribution is 2.32.